The van der Waals surface area contributed by atoms with Crippen molar-refractivity contribution in [2.75, 3.05) is 25.5 Å². The standard InChI is InChI=1S/C17H20N2O4S/c18-9-13-1-3-14(4-2-13)10-24-11-15(20)19-12-17(16(21)22)5-7-23-8-6-17/h1-4H,5-8,10-12H2,(H,19,20)(H,21,22). The molecule has 0 bridgehead atoms. The third-order valence-corrected chi connectivity index (χ3v) is 5.12. The second-order valence-corrected chi connectivity index (χ2v) is 6.76. The van der Waals surface area contributed by atoms with Gasteiger partial charge in [0.15, 0.2) is 0 Å². The minimum absolute atomic E-state index is 0.141. The van der Waals surface area contributed by atoms with Crippen molar-refractivity contribution in [3.63, 3.8) is 0 Å². The first kappa shape index (κ1) is 18.3. The van der Waals surface area contributed by atoms with Crippen LogP contribution >= 0.6 is 11.8 Å². The lowest BCUT2D eigenvalue weighted by Gasteiger charge is -2.33. The fourth-order valence-electron chi connectivity index (χ4n) is 2.48. The predicted octanol–water partition coefficient (Wildman–Crippen LogP) is 1.79. The second kappa shape index (κ2) is 8.71. The molecule has 1 aromatic carbocycles. The maximum atomic E-state index is 11.9. The molecule has 1 saturated heterocycles. The zero-order valence-corrected chi connectivity index (χ0v) is 14.1. The van der Waals surface area contributed by atoms with Gasteiger partial charge in [0.05, 0.1) is 22.8 Å². The Kier molecular flexibility index (Phi) is 6.64. The molecule has 0 aromatic heterocycles. The molecule has 2 rings (SSSR count). The topological polar surface area (TPSA) is 99.4 Å². The van der Waals surface area contributed by atoms with Crippen LogP contribution in [0.5, 0.6) is 0 Å². The number of carbonyl (C=O) groups is 2. The Hall–Kier alpha value is -2.04. The minimum Gasteiger partial charge on any atom is -0.481 e. The third-order valence-electron chi connectivity index (χ3n) is 4.11. The largest absolute Gasteiger partial charge is 0.481 e. The Morgan fingerprint density at radius 2 is 1.96 bits per heavy atom. The normalized spacial score (nSPS) is 16.1. The highest BCUT2D eigenvalue weighted by Gasteiger charge is 2.40. The molecule has 24 heavy (non-hydrogen) atoms. The van der Waals surface area contributed by atoms with Crippen LogP contribution in [0.4, 0.5) is 0 Å². The highest BCUT2D eigenvalue weighted by molar-refractivity contribution is 7.99. The van der Waals surface area contributed by atoms with Crippen LogP contribution in [0.2, 0.25) is 0 Å². The van der Waals surface area contributed by atoms with Gasteiger partial charge in [0.2, 0.25) is 5.91 Å². The van der Waals surface area contributed by atoms with Gasteiger partial charge >= 0.3 is 5.97 Å². The summed E-state index contributed by atoms with van der Waals surface area (Å²) in [6, 6.07) is 9.29. The van der Waals surface area contributed by atoms with Crippen molar-refractivity contribution < 1.29 is 19.4 Å². The number of carbonyl (C=O) groups excluding carboxylic acids is 1. The Labute approximate surface area is 145 Å². The fraction of sp³-hybridized carbons (Fsp3) is 0.471. The summed E-state index contributed by atoms with van der Waals surface area (Å²) in [4.78, 5) is 23.4. The zero-order valence-electron chi connectivity index (χ0n) is 13.3. The number of benzene rings is 1. The monoisotopic (exact) mass is 348 g/mol. The molecule has 0 aliphatic carbocycles. The SMILES string of the molecule is N#Cc1ccc(CSCC(=O)NCC2(C(=O)O)CCOCC2)cc1. The quantitative estimate of drug-likeness (QED) is 0.779. The molecule has 1 amide bonds. The van der Waals surface area contributed by atoms with E-state index in [4.69, 9.17) is 10.00 Å². The van der Waals surface area contributed by atoms with Crippen molar-refractivity contribution in [2.24, 2.45) is 5.41 Å². The number of nitrogens with one attached hydrogen (secondary N) is 1. The van der Waals surface area contributed by atoms with Crippen LogP contribution < -0.4 is 5.32 Å². The first-order valence-electron chi connectivity index (χ1n) is 7.70. The van der Waals surface area contributed by atoms with E-state index in [0.29, 0.717) is 37.4 Å². The van der Waals surface area contributed by atoms with E-state index in [1.165, 1.54) is 11.8 Å². The molecule has 1 aliphatic heterocycles. The average molecular weight is 348 g/mol. The van der Waals surface area contributed by atoms with E-state index in [0.717, 1.165) is 5.56 Å². The number of ether oxygens (including phenoxy) is 1. The van der Waals surface area contributed by atoms with Gasteiger partial charge in [-0.25, -0.2) is 0 Å². The lowest BCUT2D eigenvalue weighted by Crippen LogP contribution is -2.46. The smallest absolute Gasteiger partial charge is 0.311 e. The van der Waals surface area contributed by atoms with Crippen molar-refractivity contribution in [1.82, 2.24) is 5.32 Å². The molecular formula is C17H20N2O4S. The Bertz CT molecular complexity index is 618. The summed E-state index contributed by atoms with van der Waals surface area (Å²) in [6.07, 6.45) is 0.835. The summed E-state index contributed by atoms with van der Waals surface area (Å²) in [6.45, 7) is 0.965. The number of amides is 1. The van der Waals surface area contributed by atoms with E-state index in [9.17, 15) is 14.7 Å². The Morgan fingerprint density at radius 3 is 2.54 bits per heavy atom. The summed E-state index contributed by atoms with van der Waals surface area (Å²) in [7, 11) is 0. The van der Waals surface area contributed by atoms with E-state index in [1.54, 1.807) is 12.1 Å². The van der Waals surface area contributed by atoms with Crippen LogP contribution in [0.3, 0.4) is 0 Å². The zero-order chi connectivity index (χ0) is 17.4. The first-order valence-corrected chi connectivity index (χ1v) is 8.86. The van der Waals surface area contributed by atoms with Crippen molar-refractivity contribution >= 4 is 23.6 Å². The fourth-order valence-corrected chi connectivity index (χ4v) is 3.30. The van der Waals surface area contributed by atoms with Crippen molar-refractivity contribution in [3.05, 3.63) is 35.4 Å². The van der Waals surface area contributed by atoms with E-state index in [1.807, 2.05) is 12.1 Å². The van der Waals surface area contributed by atoms with Gasteiger partial charge in [-0.05, 0) is 30.5 Å². The molecule has 0 unspecified atom stereocenters. The molecule has 0 radical (unpaired) electrons. The summed E-state index contributed by atoms with van der Waals surface area (Å²) in [5.74, 6) is -0.111. The van der Waals surface area contributed by atoms with Gasteiger partial charge in [0.1, 0.15) is 0 Å². The lowest BCUT2D eigenvalue weighted by molar-refractivity contribution is -0.154. The van der Waals surface area contributed by atoms with Crippen LogP contribution in [0.25, 0.3) is 0 Å². The number of hydrogen-bond donors (Lipinski definition) is 2. The number of rotatable bonds is 7. The second-order valence-electron chi connectivity index (χ2n) is 5.78. The molecular weight excluding hydrogens is 328 g/mol. The van der Waals surface area contributed by atoms with Gasteiger partial charge < -0.3 is 15.2 Å². The van der Waals surface area contributed by atoms with Crippen LogP contribution in [-0.2, 0) is 20.1 Å². The molecule has 1 fully saturated rings. The number of hydrogen-bond acceptors (Lipinski definition) is 5. The van der Waals surface area contributed by atoms with Gasteiger partial charge in [0.25, 0.3) is 0 Å². The Balaban J connectivity index is 1.74. The number of thioether (sulfide) groups is 1. The van der Waals surface area contributed by atoms with E-state index >= 15 is 0 Å². The predicted molar refractivity (Wildman–Crippen MR) is 90.5 cm³/mol. The summed E-state index contributed by atoms with van der Waals surface area (Å²) in [5.41, 5.74) is 0.737. The summed E-state index contributed by atoms with van der Waals surface area (Å²) in [5, 5.41) is 20.9. The summed E-state index contributed by atoms with van der Waals surface area (Å²) >= 11 is 1.45. The maximum absolute atomic E-state index is 11.9. The third kappa shape index (κ3) is 4.98. The van der Waals surface area contributed by atoms with E-state index < -0.39 is 11.4 Å². The van der Waals surface area contributed by atoms with Crippen LogP contribution in [0.1, 0.15) is 24.0 Å². The van der Waals surface area contributed by atoms with Gasteiger partial charge in [0, 0.05) is 25.5 Å². The first-order chi connectivity index (χ1) is 11.6. The van der Waals surface area contributed by atoms with Crippen molar-refractivity contribution in [1.29, 1.82) is 5.26 Å². The lowest BCUT2D eigenvalue weighted by atomic mass is 9.80. The highest BCUT2D eigenvalue weighted by Crippen LogP contribution is 2.30. The van der Waals surface area contributed by atoms with Crippen LogP contribution in [0, 0.1) is 16.7 Å². The molecule has 0 atom stereocenters. The number of nitriles is 1. The highest BCUT2D eigenvalue weighted by atomic mass is 32.2. The molecule has 1 heterocycles. The van der Waals surface area contributed by atoms with Gasteiger partial charge in [-0.15, -0.1) is 11.8 Å². The number of nitrogens with zero attached hydrogens (tertiary/aromatic N) is 1. The van der Waals surface area contributed by atoms with E-state index in [-0.39, 0.29) is 18.2 Å². The van der Waals surface area contributed by atoms with Crippen LogP contribution in [-0.4, -0.2) is 42.5 Å². The van der Waals surface area contributed by atoms with Gasteiger partial charge in [-0.3, -0.25) is 9.59 Å². The molecule has 2 N–H and O–H groups in total. The number of aliphatic carboxylic acids is 1. The molecule has 0 spiro atoms. The summed E-state index contributed by atoms with van der Waals surface area (Å²) < 4.78 is 5.21. The molecule has 1 aliphatic rings. The van der Waals surface area contributed by atoms with E-state index in [2.05, 4.69) is 11.4 Å². The van der Waals surface area contributed by atoms with Crippen LogP contribution in [0.15, 0.2) is 24.3 Å². The minimum atomic E-state index is -0.911. The maximum Gasteiger partial charge on any atom is 0.311 e. The number of carboxylic acid groups (broad SMARTS) is 1. The molecule has 7 heteroatoms. The molecule has 6 nitrogen and oxygen atoms in total. The van der Waals surface area contributed by atoms with Crippen molar-refractivity contribution in [3.8, 4) is 6.07 Å². The van der Waals surface area contributed by atoms with Crippen molar-refractivity contribution in [2.45, 2.75) is 18.6 Å². The molecule has 0 saturated carbocycles. The molecule has 128 valence electrons. The number of carboxylic acids is 1. The average Bonchev–Trinajstić information content (AvgIpc) is 2.61. The van der Waals surface area contributed by atoms with Gasteiger partial charge in [-0.1, -0.05) is 12.1 Å². The molecule has 1 aromatic rings. The van der Waals surface area contributed by atoms with Gasteiger partial charge in [-0.2, -0.15) is 5.26 Å². The Morgan fingerprint density at radius 1 is 1.29 bits per heavy atom.